The van der Waals surface area contributed by atoms with Gasteiger partial charge in [-0.25, -0.2) is 14.2 Å². The lowest BCUT2D eigenvalue weighted by Crippen LogP contribution is -2.39. The van der Waals surface area contributed by atoms with Gasteiger partial charge in [0.1, 0.15) is 5.82 Å². The number of nitrogens with one attached hydrogen (secondary N) is 1. The zero-order valence-corrected chi connectivity index (χ0v) is 12.5. The minimum atomic E-state index is -1.84. The first-order chi connectivity index (χ1) is 11.1. The summed E-state index contributed by atoms with van der Waals surface area (Å²) in [5.74, 6) is -0.141. The molecule has 3 rings (SSSR count). The second kappa shape index (κ2) is 6.34. The summed E-state index contributed by atoms with van der Waals surface area (Å²) in [5, 5.41) is 12.1. The van der Waals surface area contributed by atoms with E-state index in [9.17, 15) is 9.90 Å². The van der Waals surface area contributed by atoms with E-state index >= 15 is 4.39 Å². The van der Waals surface area contributed by atoms with E-state index in [4.69, 9.17) is 0 Å². The van der Waals surface area contributed by atoms with Crippen molar-refractivity contribution in [3.05, 3.63) is 60.3 Å². The van der Waals surface area contributed by atoms with E-state index in [1.807, 2.05) is 30.3 Å². The Hall–Kier alpha value is -2.47. The molecule has 120 valence electrons. The Balaban J connectivity index is 1.77. The smallest absolute Gasteiger partial charge is 0.323 e. The van der Waals surface area contributed by atoms with E-state index in [1.165, 1.54) is 4.90 Å². The maximum absolute atomic E-state index is 15.1. The number of urea groups is 1. The third-order valence-electron chi connectivity index (χ3n) is 4.13. The third kappa shape index (κ3) is 3.17. The van der Waals surface area contributed by atoms with Gasteiger partial charge in [-0.2, -0.15) is 0 Å². The Kier molecular flexibility index (Phi) is 4.25. The summed E-state index contributed by atoms with van der Waals surface area (Å²) in [6.07, 6.45) is 1.57. The Morgan fingerprint density at radius 2 is 2.04 bits per heavy atom. The molecule has 1 aromatic heterocycles. The molecule has 2 atom stereocenters. The molecule has 23 heavy (non-hydrogen) atoms. The van der Waals surface area contributed by atoms with Crippen molar-refractivity contribution in [3.63, 3.8) is 0 Å². The van der Waals surface area contributed by atoms with Gasteiger partial charge in [0.2, 0.25) is 0 Å². The maximum Gasteiger partial charge on any atom is 0.323 e. The normalized spacial score (nSPS) is 23.7. The van der Waals surface area contributed by atoms with Gasteiger partial charge in [0.25, 0.3) is 0 Å². The van der Waals surface area contributed by atoms with Crippen molar-refractivity contribution in [1.29, 1.82) is 0 Å². The Morgan fingerprint density at radius 3 is 2.70 bits per heavy atom. The maximum atomic E-state index is 15.1. The minimum absolute atomic E-state index is 0.151. The number of nitrogens with zero attached hydrogens (tertiary/aromatic N) is 2. The summed E-state index contributed by atoms with van der Waals surface area (Å²) < 4.78 is 15.1. The van der Waals surface area contributed by atoms with E-state index in [-0.39, 0.29) is 13.1 Å². The molecular formula is C17H18FN3O2. The van der Waals surface area contributed by atoms with Crippen LogP contribution in [0.5, 0.6) is 0 Å². The van der Waals surface area contributed by atoms with Crippen LogP contribution in [0.3, 0.4) is 0 Å². The number of anilines is 1. The molecule has 1 aliphatic rings. The van der Waals surface area contributed by atoms with Crippen molar-refractivity contribution in [2.75, 3.05) is 25.0 Å². The fourth-order valence-electron chi connectivity index (χ4n) is 2.91. The number of hydrogen-bond acceptors (Lipinski definition) is 3. The predicted molar refractivity (Wildman–Crippen MR) is 84.9 cm³/mol. The molecule has 1 fully saturated rings. The summed E-state index contributed by atoms with van der Waals surface area (Å²) in [5.41, 5.74) is -1.07. The first-order valence-electron chi connectivity index (χ1n) is 7.44. The van der Waals surface area contributed by atoms with Crippen molar-refractivity contribution in [1.82, 2.24) is 9.88 Å². The average Bonchev–Trinajstić information content (AvgIpc) is 2.95. The summed E-state index contributed by atoms with van der Waals surface area (Å²) >= 11 is 0. The lowest BCUT2D eigenvalue weighted by atomic mass is 9.87. The fourth-order valence-corrected chi connectivity index (χ4v) is 2.91. The number of alkyl halides is 1. The molecule has 2 heterocycles. The third-order valence-corrected chi connectivity index (χ3v) is 4.13. The topological polar surface area (TPSA) is 65.5 Å². The number of rotatable bonds is 3. The Labute approximate surface area is 133 Å². The van der Waals surface area contributed by atoms with Gasteiger partial charge in [0.05, 0.1) is 13.2 Å². The largest absolute Gasteiger partial charge is 0.393 e. The van der Waals surface area contributed by atoms with Crippen LogP contribution in [-0.2, 0) is 0 Å². The van der Waals surface area contributed by atoms with E-state index in [1.54, 1.807) is 24.4 Å². The zero-order valence-electron chi connectivity index (χ0n) is 12.5. The first kappa shape index (κ1) is 15.4. The van der Waals surface area contributed by atoms with Crippen LogP contribution >= 0.6 is 0 Å². The Bertz CT molecular complexity index is 668. The van der Waals surface area contributed by atoms with Crippen LogP contribution in [0.15, 0.2) is 54.7 Å². The average molecular weight is 315 g/mol. The van der Waals surface area contributed by atoms with E-state index in [0.717, 1.165) is 5.56 Å². The Morgan fingerprint density at radius 1 is 1.30 bits per heavy atom. The predicted octanol–water partition coefficient (Wildman–Crippen LogP) is 2.41. The molecule has 0 bridgehead atoms. The van der Waals surface area contributed by atoms with Crippen molar-refractivity contribution in [2.45, 2.75) is 11.6 Å². The highest BCUT2D eigenvalue weighted by Crippen LogP contribution is 2.39. The summed E-state index contributed by atoms with van der Waals surface area (Å²) in [6.45, 7) is -0.568. The van der Waals surface area contributed by atoms with Gasteiger partial charge in [-0.1, -0.05) is 36.4 Å². The number of amides is 2. The van der Waals surface area contributed by atoms with Crippen LogP contribution < -0.4 is 5.32 Å². The van der Waals surface area contributed by atoms with Crippen LogP contribution in [-0.4, -0.2) is 46.4 Å². The van der Waals surface area contributed by atoms with Crippen LogP contribution in [0.2, 0.25) is 0 Å². The highest BCUT2D eigenvalue weighted by Gasteiger charge is 2.49. The van der Waals surface area contributed by atoms with E-state index in [0.29, 0.717) is 5.82 Å². The number of aromatic nitrogens is 1. The molecule has 2 aromatic rings. The summed E-state index contributed by atoms with van der Waals surface area (Å²) in [4.78, 5) is 17.7. The molecule has 0 saturated carbocycles. The number of hydrogen-bond donors (Lipinski definition) is 2. The SMILES string of the molecule is O=C(Nc1ccccn1)N1CC(c2ccccc2)C(F)(CO)C1. The number of carbonyl (C=O) groups excluding carboxylic acids is 1. The number of benzene rings is 1. The highest BCUT2D eigenvalue weighted by atomic mass is 19.1. The van der Waals surface area contributed by atoms with Crippen molar-refractivity contribution in [2.24, 2.45) is 0 Å². The quantitative estimate of drug-likeness (QED) is 0.914. The molecule has 0 aliphatic carbocycles. The molecule has 1 aromatic carbocycles. The minimum Gasteiger partial charge on any atom is -0.393 e. The summed E-state index contributed by atoms with van der Waals surface area (Å²) in [6, 6.07) is 13.9. The van der Waals surface area contributed by atoms with Crippen LogP contribution in [0.25, 0.3) is 0 Å². The van der Waals surface area contributed by atoms with Gasteiger partial charge in [-0.3, -0.25) is 5.32 Å². The summed E-state index contributed by atoms with van der Waals surface area (Å²) in [7, 11) is 0. The number of likely N-dealkylation sites (tertiary alicyclic amines) is 1. The van der Waals surface area contributed by atoms with Gasteiger partial charge >= 0.3 is 6.03 Å². The number of pyridine rings is 1. The molecule has 2 amide bonds. The second-order valence-electron chi connectivity index (χ2n) is 5.68. The van der Waals surface area contributed by atoms with Gasteiger partial charge in [0.15, 0.2) is 5.67 Å². The molecule has 5 nitrogen and oxygen atoms in total. The second-order valence-corrected chi connectivity index (χ2v) is 5.68. The van der Waals surface area contributed by atoms with E-state index in [2.05, 4.69) is 10.3 Å². The van der Waals surface area contributed by atoms with Crippen LogP contribution in [0.1, 0.15) is 11.5 Å². The van der Waals surface area contributed by atoms with Gasteiger partial charge < -0.3 is 10.0 Å². The molecule has 0 radical (unpaired) electrons. The molecule has 0 spiro atoms. The molecule has 1 saturated heterocycles. The number of halogens is 1. The van der Waals surface area contributed by atoms with Gasteiger partial charge in [-0.15, -0.1) is 0 Å². The lowest BCUT2D eigenvalue weighted by molar-refractivity contribution is 0.0680. The number of carbonyl (C=O) groups is 1. The first-order valence-corrected chi connectivity index (χ1v) is 7.44. The van der Waals surface area contributed by atoms with Gasteiger partial charge in [0, 0.05) is 18.7 Å². The fraction of sp³-hybridized carbons (Fsp3) is 0.294. The van der Waals surface area contributed by atoms with Gasteiger partial charge in [-0.05, 0) is 17.7 Å². The highest BCUT2D eigenvalue weighted by molar-refractivity contribution is 5.88. The monoisotopic (exact) mass is 315 g/mol. The van der Waals surface area contributed by atoms with Crippen LogP contribution in [0.4, 0.5) is 15.0 Å². The number of aliphatic hydroxyl groups excluding tert-OH is 1. The molecule has 1 aliphatic heterocycles. The van der Waals surface area contributed by atoms with Crippen molar-refractivity contribution < 1.29 is 14.3 Å². The lowest BCUT2D eigenvalue weighted by Gasteiger charge is -2.23. The molecule has 2 N–H and O–H groups in total. The standard InChI is InChI=1S/C17H18FN3O2/c18-17(12-22)11-21(10-14(17)13-6-2-1-3-7-13)16(23)20-15-8-4-5-9-19-15/h1-9,14,22H,10-12H2,(H,19,20,23). The van der Waals surface area contributed by atoms with Crippen molar-refractivity contribution >= 4 is 11.8 Å². The molecular weight excluding hydrogens is 297 g/mol. The molecule has 2 unspecified atom stereocenters. The number of aliphatic hydroxyl groups is 1. The molecule has 6 heteroatoms. The van der Waals surface area contributed by atoms with Crippen LogP contribution in [0, 0.1) is 0 Å². The van der Waals surface area contributed by atoms with E-state index < -0.39 is 24.2 Å². The zero-order chi connectivity index (χ0) is 16.3. The van der Waals surface area contributed by atoms with Crippen molar-refractivity contribution in [3.8, 4) is 0 Å².